The molecular formula is C26H31N3O2. The zero-order chi connectivity index (χ0) is 21.3. The summed E-state index contributed by atoms with van der Waals surface area (Å²) in [5, 5.41) is 3.10. The Kier molecular flexibility index (Phi) is 5.28. The minimum atomic E-state index is -0.411. The van der Waals surface area contributed by atoms with E-state index in [9.17, 15) is 9.59 Å². The molecule has 1 unspecified atom stereocenters. The van der Waals surface area contributed by atoms with Crippen molar-refractivity contribution in [3.63, 3.8) is 0 Å². The Morgan fingerprint density at radius 3 is 2.35 bits per heavy atom. The molecule has 1 aromatic carbocycles. The highest BCUT2D eigenvalue weighted by Crippen LogP contribution is 2.53. The van der Waals surface area contributed by atoms with Gasteiger partial charge < -0.3 is 10.2 Å². The van der Waals surface area contributed by atoms with Crippen LogP contribution in [-0.2, 0) is 21.5 Å². The van der Waals surface area contributed by atoms with E-state index in [2.05, 4.69) is 22.4 Å². The molecule has 3 aliphatic rings. The molecule has 2 aromatic rings. The Hall–Kier alpha value is -2.69. The number of hydrogen-bond donors (Lipinski definition) is 1. The van der Waals surface area contributed by atoms with Gasteiger partial charge in [-0.3, -0.25) is 14.6 Å². The van der Waals surface area contributed by atoms with Crippen LogP contribution in [0.1, 0.15) is 56.2 Å². The molecule has 0 radical (unpaired) electrons. The van der Waals surface area contributed by atoms with Gasteiger partial charge in [0.05, 0.1) is 23.6 Å². The zero-order valence-corrected chi connectivity index (χ0v) is 18.1. The summed E-state index contributed by atoms with van der Waals surface area (Å²) >= 11 is 0. The van der Waals surface area contributed by atoms with Gasteiger partial charge in [0.25, 0.3) is 0 Å². The van der Waals surface area contributed by atoms with Crippen molar-refractivity contribution in [1.82, 2.24) is 15.2 Å². The van der Waals surface area contributed by atoms with Gasteiger partial charge in [-0.05, 0) is 43.4 Å². The molecule has 5 nitrogen and oxygen atoms in total. The maximum absolute atomic E-state index is 13.9. The van der Waals surface area contributed by atoms with Crippen LogP contribution < -0.4 is 5.32 Å². The molecule has 2 aliphatic carbocycles. The number of aromatic nitrogens is 1. The molecular weight excluding hydrogens is 386 g/mol. The van der Waals surface area contributed by atoms with Crippen molar-refractivity contribution in [2.75, 3.05) is 13.1 Å². The number of benzene rings is 1. The lowest BCUT2D eigenvalue weighted by Gasteiger charge is -2.42. The van der Waals surface area contributed by atoms with E-state index >= 15 is 0 Å². The average molecular weight is 418 g/mol. The highest BCUT2D eigenvalue weighted by molar-refractivity contribution is 5.90. The Labute approximate surface area is 184 Å². The molecule has 2 heterocycles. The van der Waals surface area contributed by atoms with E-state index in [-0.39, 0.29) is 23.1 Å². The Morgan fingerprint density at radius 1 is 0.968 bits per heavy atom. The Balaban J connectivity index is 1.34. The Bertz CT molecular complexity index is 934. The van der Waals surface area contributed by atoms with E-state index in [1.807, 2.05) is 41.3 Å². The molecule has 31 heavy (non-hydrogen) atoms. The van der Waals surface area contributed by atoms with Crippen molar-refractivity contribution in [3.05, 3.63) is 66.0 Å². The number of likely N-dealkylation sites (tertiary alicyclic amines) is 1. The monoisotopic (exact) mass is 417 g/mol. The van der Waals surface area contributed by atoms with Gasteiger partial charge in [0.1, 0.15) is 0 Å². The van der Waals surface area contributed by atoms with Crippen molar-refractivity contribution in [2.24, 2.45) is 11.3 Å². The first-order valence-electron chi connectivity index (χ1n) is 11.7. The van der Waals surface area contributed by atoms with Gasteiger partial charge in [0.15, 0.2) is 0 Å². The van der Waals surface area contributed by atoms with Crippen LogP contribution in [-0.4, -0.2) is 34.8 Å². The molecule has 1 N–H and O–H groups in total. The lowest BCUT2D eigenvalue weighted by Crippen LogP contribution is -2.46. The van der Waals surface area contributed by atoms with Gasteiger partial charge in [-0.2, -0.15) is 0 Å². The lowest BCUT2D eigenvalue weighted by atomic mass is 9.62. The first kappa shape index (κ1) is 20.2. The maximum Gasteiger partial charge on any atom is 0.233 e. The topological polar surface area (TPSA) is 62.3 Å². The van der Waals surface area contributed by atoms with E-state index in [1.165, 1.54) is 0 Å². The van der Waals surface area contributed by atoms with E-state index in [0.29, 0.717) is 13.1 Å². The van der Waals surface area contributed by atoms with E-state index < -0.39 is 5.41 Å². The molecule has 1 saturated heterocycles. The Morgan fingerprint density at radius 2 is 1.71 bits per heavy atom. The highest BCUT2D eigenvalue weighted by Gasteiger charge is 2.56. The number of amides is 2. The van der Waals surface area contributed by atoms with Crippen LogP contribution in [0.4, 0.5) is 0 Å². The van der Waals surface area contributed by atoms with Crippen LogP contribution in [0.5, 0.6) is 0 Å². The summed E-state index contributed by atoms with van der Waals surface area (Å²) in [7, 11) is 0. The third-order valence-electron chi connectivity index (χ3n) is 7.96. The van der Waals surface area contributed by atoms with Crippen LogP contribution in [0.3, 0.4) is 0 Å². The summed E-state index contributed by atoms with van der Waals surface area (Å²) in [6.45, 7) is 1.71. The fraction of sp³-hybridized carbons (Fsp3) is 0.500. The van der Waals surface area contributed by atoms with Gasteiger partial charge in [0, 0.05) is 24.7 Å². The number of carbonyl (C=O) groups excluding carboxylic acids is 2. The summed E-state index contributed by atoms with van der Waals surface area (Å²) in [4.78, 5) is 33.5. The number of carbonyl (C=O) groups is 2. The summed E-state index contributed by atoms with van der Waals surface area (Å²) in [6.07, 6.45) is 8.98. The first-order valence-corrected chi connectivity index (χ1v) is 11.7. The minimum Gasteiger partial charge on any atom is -0.350 e. The number of nitrogens with one attached hydrogen (secondary N) is 1. The smallest absolute Gasteiger partial charge is 0.233 e. The first-order chi connectivity index (χ1) is 15.1. The van der Waals surface area contributed by atoms with Gasteiger partial charge in [-0.25, -0.2) is 0 Å². The predicted octanol–water partition coefficient (Wildman–Crippen LogP) is 3.84. The van der Waals surface area contributed by atoms with Crippen LogP contribution >= 0.6 is 0 Å². The van der Waals surface area contributed by atoms with Gasteiger partial charge >= 0.3 is 0 Å². The third-order valence-corrected chi connectivity index (χ3v) is 7.96. The van der Waals surface area contributed by atoms with E-state index in [0.717, 1.165) is 62.7 Å². The largest absolute Gasteiger partial charge is 0.350 e. The summed E-state index contributed by atoms with van der Waals surface area (Å²) in [6, 6.07) is 16.0. The quantitative estimate of drug-likeness (QED) is 0.804. The van der Waals surface area contributed by atoms with Crippen molar-refractivity contribution >= 4 is 11.8 Å². The lowest BCUT2D eigenvalue weighted by molar-refractivity contribution is -0.137. The molecule has 1 aliphatic heterocycles. The molecule has 162 valence electrons. The molecule has 1 spiro atoms. The molecule has 1 aromatic heterocycles. The maximum atomic E-state index is 13.9. The van der Waals surface area contributed by atoms with E-state index in [1.54, 1.807) is 6.20 Å². The SMILES string of the molecule is O=C(NCc1ccccn1)C1CN(C(=O)C2(c3ccccc3)CCCC2)CC12CCC2. The predicted molar refractivity (Wildman–Crippen MR) is 119 cm³/mol. The minimum absolute atomic E-state index is 0.0413. The molecule has 1 atom stereocenters. The zero-order valence-electron chi connectivity index (χ0n) is 18.1. The van der Waals surface area contributed by atoms with Gasteiger partial charge in [-0.1, -0.05) is 55.7 Å². The third kappa shape index (κ3) is 3.54. The van der Waals surface area contributed by atoms with Crippen LogP contribution in [0.2, 0.25) is 0 Å². The fourth-order valence-corrected chi connectivity index (χ4v) is 6.09. The van der Waals surface area contributed by atoms with Gasteiger partial charge in [-0.15, -0.1) is 0 Å². The summed E-state index contributed by atoms with van der Waals surface area (Å²) < 4.78 is 0. The molecule has 3 fully saturated rings. The highest BCUT2D eigenvalue weighted by atomic mass is 16.2. The second kappa shape index (κ2) is 8.10. The standard InChI is InChI=1S/C26H31N3O2/c30-23(28-17-21-11-4-7-16-27-21)22-18-29(19-25(22)12-8-13-25)24(31)26(14-5-6-15-26)20-9-2-1-3-10-20/h1-4,7,9-11,16,22H,5-6,8,12-15,17-19H2,(H,28,30). The van der Waals surface area contributed by atoms with Crippen molar-refractivity contribution in [3.8, 4) is 0 Å². The number of pyridine rings is 1. The van der Waals surface area contributed by atoms with Gasteiger partial charge in [0.2, 0.25) is 11.8 Å². The normalized spacial score (nSPS) is 23.5. The number of rotatable bonds is 5. The van der Waals surface area contributed by atoms with Crippen LogP contribution in [0, 0.1) is 11.3 Å². The molecule has 0 bridgehead atoms. The molecule has 5 heteroatoms. The fourth-order valence-electron chi connectivity index (χ4n) is 6.09. The molecule has 5 rings (SSSR count). The average Bonchev–Trinajstić information content (AvgIpc) is 3.45. The number of hydrogen-bond acceptors (Lipinski definition) is 3. The van der Waals surface area contributed by atoms with Crippen molar-refractivity contribution < 1.29 is 9.59 Å². The number of nitrogens with zero attached hydrogens (tertiary/aromatic N) is 2. The summed E-state index contributed by atoms with van der Waals surface area (Å²) in [5.41, 5.74) is 1.55. The van der Waals surface area contributed by atoms with Crippen molar-refractivity contribution in [1.29, 1.82) is 0 Å². The van der Waals surface area contributed by atoms with Crippen LogP contribution in [0.25, 0.3) is 0 Å². The summed E-state index contributed by atoms with van der Waals surface area (Å²) in [5.74, 6) is 0.187. The second-order valence-electron chi connectivity index (χ2n) is 9.65. The molecule has 2 saturated carbocycles. The second-order valence-corrected chi connectivity index (χ2v) is 9.65. The van der Waals surface area contributed by atoms with Crippen LogP contribution in [0.15, 0.2) is 54.7 Å². The van der Waals surface area contributed by atoms with Crippen molar-refractivity contribution in [2.45, 2.75) is 56.9 Å². The van der Waals surface area contributed by atoms with E-state index in [4.69, 9.17) is 0 Å². The molecule has 2 amide bonds.